The second kappa shape index (κ2) is 9.82. The molecule has 30 heavy (non-hydrogen) atoms. The van der Waals surface area contributed by atoms with E-state index in [1.807, 2.05) is 0 Å². The molecule has 0 aromatic heterocycles. The average molecular weight is 412 g/mol. The SMILES string of the molecule is O=C(CN1C(=O)C(=O)N(Cc2ccccc2)C1=O)NC(=O)NCCC1=CCCCC1. The van der Waals surface area contributed by atoms with Crippen molar-refractivity contribution >= 4 is 29.8 Å². The van der Waals surface area contributed by atoms with Gasteiger partial charge in [0, 0.05) is 6.54 Å². The van der Waals surface area contributed by atoms with Crippen LogP contribution in [0.4, 0.5) is 9.59 Å². The number of imide groups is 3. The number of benzene rings is 1. The largest absolute Gasteiger partial charge is 0.337 e. The smallest absolute Gasteiger partial charge is 0.335 e. The van der Waals surface area contributed by atoms with Crippen LogP contribution in [0.2, 0.25) is 0 Å². The van der Waals surface area contributed by atoms with Crippen molar-refractivity contribution in [3.8, 4) is 0 Å². The third kappa shape index (κ3) is 5.31. The second-order valence-corrected chi connectivity index (χ2v) is 7.21. The molecule has 1 aromatic carbocycles. The van der Waals surface area contributed by atoms with Gasteiger partial charge in [0.2, 0.25) is 5.91 Å². The third-order valence-electron chi connectivity index (χ3n) is 4.99. The number of nitrogens with one attached hydrogen (secondary N) is 2. The zero-order valence-electron chi connectivity index (χ0n) is 16.6. The normalized spacial score (nSPS) is 16.5. The number of rotatable bonds is 7. The molecule has 0 radical (unpaired) electrons. The topological polar surface area (TPSA) is 116 Å². The van der Waals surface area contributed by atoms with Gasteiger partial charge < -0.3 is 5.32 Å². The van der Waals surface area contributed by atoms with Crippen molar-refractivity contribution in [1.29, 1.82) is 0 Å². The van der Waals surface area contributed by atoms with Gasteiger partial charge in [0.25, 0.3) is 0 Å². The monoisotopic (exact) mass is 412 g/mol. The minimum atomic E-state index is -1.09. The maximum atomic E-state index is 12.4. The molecular formula is C21H24N4O5. The molecule has 0 unspecified atom stereocenters. The molecular weight excluding hydrogens is 388 g/mol. The number of carbonyl (C=O) groups excluding carboxylic acids is 5. The maximum Gasteiger partial charge on any atom is 0.335 e. The third-order valence-corrected chi connectivity index (χ3v) is 4.99. The van der Waals surface area contributed by atoms with Gasteiger partial charge in [0.1, 0.15) is 6.54 Å². The van der Waals surface area contributed by atoms with Crippen molar-refractivity contribution in [3.63, 3.8) is 0 Å². The Bertz CT molecular complexity index is 881. The highest BCUT2D eigenvalue weighted by molar-refractivity contribution is 6.45. The van der Waals surface area contributed by atoms with E-state index in [0.717, 1.165) is 24.2 Å². The van der Waals surface area contributed by atoms with E-state index in [9.17, 15) is 24.0 Å². The molecule has 3 rings (SSSR count). The first-order valence-corrected chi connectivity index (χ1v) is 9.92. The van der Waals surface area contributed by atoms with E-state index in [1.54, 1.807) is 30.3 Å². The molecule has 1 fully saturated rings. The Labute approximate surface area is 174 Å². The summed E-state index contributed by atoms with van der Waals surface area (Å²) in [6.45, 7) is -0.387. The van der Waals surface area contributed by atoms with Gasteiger partial charge in [-0.1, -0.05) is 42.0 Å². The fourth-order valence-electron chi connectivity index (χ4n) is 3.42. The summed E-state index contributed by atoms with van der Waals surface area (Å²) >= 11 is 0. The molecule has 0 saturated carbocycles. The van der Waals surface area contributed by atoms with Crippen molar-refractivity contribution < 1.29 is 24.0 Å². The molecule has 158 valence electrons. The summed E-state index contributed by atoms with van der Waals surface area (Å²) in [4.78, 5) is 61.9. The zero-order chi connectivity index (χ0) is 21.5. The number of allylic oxidation sites excluding steroid dienone is 1. The summed E-state index contributed by atoms with van der Waals surface area (Å²) in [7, 11) is 0. The zero-order valence-corrected chi connectivity index (χ0v) is 16.6. The Morgan fingerprint density at radius 2 is 1.70 bits per heavy atom. The van der Waals surface area contributed by atoms with Crippen molar-refractivity contribution in [1.82, 2.24) is 20.4 Å². The molecule has 0 bridgehead atoms. The van der Waals surface area contributed by atoms with E-state index >= 15 is 0 Å². The lowest BCUT2D eigenvalue weighted by atomic mass is 9.97. The van der Waals surface area contributed by atoms with Crippen LogP contribution >= 0.6 is 0 Å². The van der Waals surface area contributed by atoms with E-state index < -0.39 is 36.3 Å². The van der Waals surface area contributed by atoms with E-state index in [1.165, 1.54) is 12.0 Å². The lowest BCUT2D eigenvalue weighted by molar-refractivity contribution is -0.144. The van der Waals surface area contributed by atoms with Crippen LogP contribution in [0.1, 0.15) is 37.7 Å². The molecule has 7 amide bonds. The van der Waals surface area contributed by atoms with Gasteiger partial charge in [-0.15, -0.1) is 0 Å². The molecule has 9 heteroatoms. The predicted molar refractivity (Wildman–Crippen MR) is 107 cm³/mol. The molecule has 1 saturated heterocycles. The number of amides is 7. The first-order chi connectivity index (χ1) is 14.5. The van der Waals surface area contributed by atoms with Gasteiger partial charge in [-0.2, -0.15) is 0 Å². The average Bonchev–Trinajstić information content (AvgIpc) is 2.93. The van der Waals surface area contributed by atoms with Gasteiger partial charge in [-0.3, -0.25) is 24.6 Å². The maximum absolute atomic E-state index is 12.4. The number of carbonyl (C=O) groups is 5. The van der Waals surface area contributed by atoms with Gasteiger partial charge in [0.05, 0.1) is 6.54 Å². The molecule has 9 nitrogen and oxygen atoms in total. The van der Waals surface area contributed by atoms with E-state index in [4.69, 9.17) is 0 Å². The Balaban J connectivity index is 1.47. The molecule has 0 atom stereocenters. The molecule has 2 N–H and O–H groups in total. The summed E-state index contributed by atoms with van der Waals surface area (Å²) in [5.41, 5.74) is 1.96. The highest BCUT2D eigenvalue weighted by Gasteiger charge is 2.45. The minimum Gasteiger partial charge on any atom is -0.337 e. The summed E-state index contributed by atoms with van der Waals surface area (Å²) < 4.78 is 0. The van der Waals surface area contributed by atoms with Gasteiger partial charge >= 0.3 is 23.9 Å². The molecule has 1 aromatic rings. The second-order valence-electron chi connectivity index (χ2n) is 7.21. The Morgan fingerprint density at radius 3 is 2.40 bits per heavy atom. The van der Waals surface area contributed by atoms with Crippen LogP contribution < -0.4 is 10.6 Å². The highest BCUT2D eigenvalue weighted by atomic mass is 16.2. The van der Waals surface area contributed by atoms with Gasteiger partial charge in [-0.05, 0) is 37.7 Å². The standard InChI is InChI=1S/C21H24N4O5/c26-17(23-20(29)22-12-11-15-7-3-1-4-8-15)14-25-19(28)18(27)24(21(25)30)13-16-9-5-2-6-10-16/h2,5-7,9-10H,1,3-4,8,11-14H2,(H2,22,23,26,29). The number of hydrogen-bond acceptors (Lipinski definition) is 5. The Kier molecular flexibility index (Phi) is 6.95. The summed E-state index contributed by atoms with van der Waals surface area (Å²) in [6.07, 6.45) is 7.30. The van der Waals surface area contributed by atoms with Crippen LogP contribution in [0.5, 0.6) is 0 Å². The van der Waals surface area contributed by atoms with Crippen LogP contribution in [-0.2, 0) is 20.9 Å². The van der Waals surface area contributed by atoms with E-state index in [-0.39, 0.29) is 6.54 Å². The fraction of sp³-hybridized carbons (Fsp3) is 0.381. The van der Waals surface area contributed by atoms with Crippen LogP contribution in [0.3, 0.4) is 0 Å². The summed E-state index contributed by atoms with van der Waals surface area (Å²) in [5, 5.41) is 4.66. The van der Waals surface area contributed by atoms with Crippen LogP contribution in [0.25, 0.3) is 0 Å². The van der Waals surface area contributed by atoms with E-state index in [2.05, 4.69) is 16.7 Å². The van der Waals surface area contributed by atoms with Gasteiger partial charge in [0.15, 0.2) is 0 Å². The summed E-state index contributed by atoms with van der Waals surface area (Å²) in [6, 6.07) is 7.13. The van der Waals surface area contributed by atoms with Crippen molar-refractivity contribution in [2.75, 3.05) is 13.1 Å². The van der Waals surface area contributed by atoms with Crippen LogP contribution in [0.15, 0.2) is 42.0 Å². The van der Waals surface area contributed by atoms with E-state index in [0.29, 0.717) is 23.4 Å². The Hall–Kier alpha value is -3.49. The molecule has 1 aliphatic heterocycles. The molecule has 1 heterocycles. The van der Waals surface area contributed by atoms with Crippen molar-refractivity contribution in [3.05, 3.63) is 47.5 Å². The summed E-state index contributed by atoms with van der Waals surface area (Å²) in [5.74, 6) is -2.93. The fourth-order valence-corrected chi connectivity index (χ4v) is 3.42. The number of hydrogen-bond donors (Lipinski definition) is 2. The number of urea groups is 2. The lowest BCUT2D eigenvalue weighted by Gasteiger charge is -2.15. The Morgan fingerprint density at radius 1 is 0.967 bits per heavy atom. The highest BCUT2D eigenvalue weighted by Crippen LogP contribution is 2.19. The quantitative estimate of drug-likeness (QED) is 0.402. The van der Waals surface area contributed by atoms with Gasteiger partial charge in [-0.25, -0.2) is 14.5 Å². The molecule has 0 spiro atoms. The van der Waals surface area contributed by atoms with Crippen molar-refractivity contribution in [2.24, 2.45) is 0 Å². The van der Waals surface area contributed by atoms with Crippen LogP contribution in [0, 0.1) is 0 Å². The lowest BCUT2D eigenvalue weighted by Crippen LogP contribution is -2.46. The first kappa shape index (κ1) is 21.2. The molecule has 1 aliphatic carbocycles. The predicted octanol–water partition coefficient (Wildman–Crippen LogP) is 1.69. The minimum absolute atomic E-state index is 0.0707. The first-order valence-electron chi connectivity index (χ1n) is 9.92. The van der Waals surface area contributed by atoms with Crippen LogP contribution in [-0.4, -0.2) is 52.7 Å². The molecule has 2 aliphatic rings. The number of nitrogens with zero attached hydrogens (tertiary/aromatic N) is 2. The van der Waals surface area contributed by atoms with Crippen molar-refractivity contribution in [2.45, 2.75) is 38.6 Å².